The van der Waals surface area contributed by atoms with Gasteiger partial charge in [0.2, 0.25) is 0 Å². The van der Waals surface area contributed by atoms with E-state index in [1.807, 2.05) is 66.7 Å². The zero-order valence-corrected chi connectivity index (χ0v) is 17.8. The average molecular weight is 425 g/mol. The van der Waals surface area contributed by atoms with Crippen LogP contribution in [0.1, 0.15) is 10.4 Å². The van der Waals surface area contributed by atoms with Crippen LogP contribution in [0.4, 0.5) is 5.69 Å². The minimum atomic E-state index is -0.205. The summed E-state index contributed by atoms with van der Waals surface area (Å²) in [6, 6.07) is 27.5. The molecule has 0 aromatic heterocycles. The van der Waals surface area contributed by atoms with Gasteiger partial charge in [-0.25, -0.2) is 0 Å². The molecule has 0 saturated carbocycles. The van der Waals surface area contributed by atoms with Crippen LogP contribution in [0.25, 0.3) is 22.3 Å². The summed E-state index contributed by atoms with van der Waals surface area (Å²) in [6.45, 7) is 0. The Kier molecular flexibility index (Phi) is 6.08. The number of nitrogens with one attached hydrogen (secondary N) is 1. The molecule has 0 radical (unpaired) electrons. The van der Waals surface area contributed by atoms with Crippen LogP contribution in [0.5, 0.6) is 17.2 Å². The molecule has 0 aliphatic carbocycles. The van der Waals surface area contributed by atoms with Crippen molar-refractivity contribution >= 4 is 11.6 Å². The number of methoxy groups -OCH3 is 2. The van der Waals surface area contributed by atoms with Crippen LogP contribution in [0, 0.1) is 0 Å². The summed E-state index contributed by atoms with van der Waals surface area (Å²) < 4.78 is 10.8. The molecule has 4 aromatic carbocycles. The smallest absolute Gasteiger partial charge is 0.255 e. The number of amides is 1. The van der Waals surface area contributed by atoms with E-state index in [0.29, 0.717) is 17.0 Å². The minimum Gasteiger partial charge on any atom is -0.508 e. The van der Waals surface area contributed by atoms with Gasteiger partial charge in [-0.1, -0.05) is 36.4 Å². The van der Waals surface area contributed by atoms with Crippen LogP contribution in [0.3, 0.4) is 0 Å². The lowest BCUT2D eigenvalue weighted by atomic mass is 10.0. The molecular formula is C27H23NO4. The second-order valence-electron chi connectivity index (χ2n) is 7.23. The molecule has 0 aliphatic heterocycles. The van der Waals surface area contributed by atoms with E-state index in [-0.39, 0.29) is 11.7 Å². The maximum Gasteiger partial charge on any atom is 0.255 e. The molecule has 1 amide bonds. The van der Waals surface area contributed by atoms with E-state index in [4.69, 9.17) is 9.47 Å². The number of carbonyl (C=O) groups excluding carboxylic acids is 1. The van der Waals surface area contributed by atoms with Crippen molar-refractivity contribution in [2.24, 2.45) is 0 Å². The summed E-state index contributed by atoms with van der Waals surface area (Å²) in [6.07, 6.45) is 0. The molecule has 0 heterocycles. The van der Waals surface area contributed by atoms with E-state index in [9.17, 15) is 9.90 Å². The number of phenols is 1. The zero-order valence-electron chi connectivity index (χ0n) is 17.8. The molecule has 4 rings (SSSR count). The number of phenolic OH excluding ortho intramolecular Hbond substituents is 1. The first kappa shape index (κ1) is 21.0. The van der Waals surface area contributed by atoms with Crippen molar-refractivity contribution in [3.63, 3.8) is 0 Å². The zero-order chi connectivity index (χ0) is 22.5. The molecular weight excluding hydrogens is 402 g/mol. The Balaban J connectivity index is 1.56. The van der Waals surface area contributed by atoms with Gasteiger partial charge >= 0.3 is 0 Å². The summed E-state index contributed by atoms with van der Waals surface area (Å²) in [4.78, 5) is 12.8. The average Bonchev–Trinajstić information content (AvgIpc) is 2.84. The lowest BCUT2D eigenvalue weighted by Crippen LogP contribution is -2.11. The Hall–Kier alpha value is -4.25. The van der Waals surface area contributed by atoms with Crippen LogP contribution in [0.2, 0.25) is 0 Å². The van der Waals surface area contributed by atoms with Crippen molar-refractivity contribution in [3.05, 3.63) is 96.6 Å². The van der Waals surface area contributed by atoms with Gasteiger partial charge in [-0.15, -0.1) is 0 Å². The van der Waals surface area contributed by atoms with Crippen molar-refractivity contribution in [2.45, 2.75) is 0 Å². The van der Waals surface area contributed by atoms with E-state index < -0.39 is 0 Å². The topological polar surface area (TPSA) is 67.8 Å². The Labute approximate surface area is 186 Å². The molecule has 0 spiro atoms. The van der Waals surface area contributed by atoms with Crippen LogP contribution in [0.15, 0.2) is 91.0 Å². The van der Waals surface area contributed by atoms with Gasteiger partial charge in [0.15, 0.2) is 0 Å². The molecule has 2 N–H and O–H groups in total. The van der Waals surface area contributed by atoms with Crippen LogP contribution < -0.4 is 14.8 Å². The van der Waals surface area contributed by atoms with Crippen LogP contribution in [-0.4, -0.2) is 25.2 Å². The van der Waals surface area contributed by atoms with Gasteiger partial charge < -0.3 is 19.9 Å². The number of ether oxygens (including phenoxy) is 2. The predicted octanol–water partition coefficient (Wildman–Crippen LogP) is 6.00. The highest BCUT2D eigenvalue weighted by Gasteiger charge is 2.11. The molecule has 32 heavy (non-hydrogen) atoms. The molecule has 0 unspecified atom stereocenters. The van der Waals surface area contributed by atoms with Crippen molar-refractivity contribution in [3.8, 4) is 39.5 Å². The Bertz CT molecular complexity index is 1230. The van der Waals surface area contributed by atoms with E-state index in [0.717, 1.165) is 28.0 Å². The highest BCUT2D eigenvalue weighted by Crippen LogP contribution is 2.34. The second kappa shape index (κ2) is 9.27. The third-order valence-corrected chi connectivity index (χ3v) is 5.19. The van der Waals surface area contributed by atoms with Crippen molar-refractivity contribution in [1.82, 2.24) is 0 Å². The predicted molar refractivity (Wildman–Crippen MR) is 126 cm³/mol. The largest absolute Gasteiger partial charge is 0.508 e. The summed E-state index contributed by atoms with van der Waals surface area (Å²) in [5, 5.41) is 12.4. The second-order valence-corrected chi connectivity index (χ2v) is 7.23. The van der Waals surface area contributed by atoms with E-state index in [1.54, 1.807) is 38.5 Å². The fourth-order valence-corrected chi connectivity index (χ4v) is 3.47. The quantitative estimate of drug-likeness (QED) is 0.398. The fourth-order valence-electron chi connectivity index (χ4n) is 3.47. The van der Waals surface area contributed by atoms with Gasteiger partial charge in [-0.2, -0.15) is 0 Å². The maximum absolute atomic E-state index is 12.8. The number of hydrogen-bond acceptors (Lipinski definition) is 4. The molecule has 160 valence electrons. The first-order chi connectivity index (χ1) is 15.6. The highest BCUT2D eigenvalue weighted by molar-refractivity contribution is 6.05. The molecule has 4 aromatic rings. The summed E-state index contributed by atoms with van der Waals surface area (Å²) in [5.74, 6) is 1.46. The van der Waals surface area contributed by atoms with Gasteiger partial charge in [0, 0.05) is 16.8 Å². The molecule has 0 aliphatic rings. The first-order valence-corrected chi connectivity index (χ1v) is 10.1. The molecule has 0 atom stereocenters. The van der Waals surface area contributed by atoms with Crippen LogP contribution >= 0.6 is 0 Å². The first-order valence-electron chi connectivity index (χ1n) is 10.1. The van der Waals surface area contributed by atoms with Gasteiger partial charge in [0.25, 0.3) is 5.91 Å². The number of rotatable bonds is 6. The Morgan fingerprint density at radius 2 is 1.44 bits per heavy atom. The maximum atomic E-state index is 12.8. The fraction of sp³-hybridized carbons (Fsp3) is 0.0741. The number of carbonyl (C=O) groups is 1. The molecule has 0 fully saturated rings. The number of aromatic hydroxyl groups is 1. The lowest BCUT2D eigenvalue weighted by Gasteiger charge is -2.13. The van der Waals surface area contributed by atoms with Crippen molar-refractivity contribution in [1.29, 1.82) is 0 Å². The highest BCUT2D eigenvalue weighted by atomic mass is 16.5. The van der Waals surface area contributed by atoms with Gasteiger partial charge in [-0.05, 0) is 71.3 Å². The lowest BCUT2D eigenvalue weighted by molar-refractivity contribution is 0.102. The summed E-state index contributed by atoms with van der Waals surface area (Å²) in [5.41, 5.74) is 4.92. The van der Waals surface area contributed by atoms with Crippen molar-refractivity contribution in [2.75, 3.05) is 19.5 Å². The molecule has 0 saturated heterocycles. The van der Waals surface area contributed by atoms with Gasteiger partial charge in [0.1, 0.15) is 17.2 Å². The standard InChI is InChI=1S/C27H23NO4/c1-31-24-5-3-4-21(16-24)25-17-22(12-15-26(25)32-2)28-27(30)20-8-6-18(7-9-20)19-10-13-23(29)14-11-19/h3-17,29H,1-2H3,(H,28,30). The molecule has 0 bridgehead atoms. The van der Waals surface area contributed by atoms with Gasteiger partial charge in [-0.3, -0.25) is 4.79 Å². The van der Waals surface area contributed by atoms with Crippen LogP contribution in [-0.2, 0) is 0 Å². The number of hydrogen-bond donors (Lipinski definition) is 2. The van der Waals surface area contributed by atoms with Crippen molar-refractivity contribution < 1.29 is 19.4 Å². The van der Waals surface area contributed by atoms with E-state index >= 15 is 0 Å². The SMILES string of the molecule is COc1cccc(-c2cc(NC(=O)c3ccc(-c4ccc(O)cc4)cc3)ccc2OC)c1. The molecule has 5 nitrogen and oxygen atoms in total. The van der Waals surface area contributed by atoms with E-state index in [2.05, 4.69) is 5.32 Å². The Morgan fingerprint density at radius 1 is 0.750 bits per heavy atom. The number of benzene rings is 4. The summed E-state index contributed by atoms with van der Waals surface area (Å²) in [7, 11) is 3.24. The molecule has 5 heteroatoms. The normalized spacial score (nSPS) is 10.4. The Morgan fingerprint density at radius 3 is 2.09 bits per heavy atom. The third kappa shape index (κ3) is 4.57. The summed E-state index contributed by atoms with van der Waals surface area (Å²) >= 11 is 0. The van der Waals surface area contributed by atoms with Gasteiger partial charge in [0.05, 0.1) is 14.2 Å². The van der Waals surface area contributed by atoms with E-state index in [1.165, 1.54) is 0 Å². The third-order valence-electron chi connectivity index (χ3n) is 5.19. The number of anilines is 1. The minimum absolute atomic E-state index is 0.205. The monoisotopic (exact) mass is 425 g/mol.